The minimum Gasteiger partial charge on any atom is -0.322 e. The number of anilines is 1. The summed E-state index contributed by atoms with van der Waals surface area (Å²) in [6, 6.07) is 13.8. The number of carbonyl (C=O) groups is 1. The SMILES string of the molecule is NS(=O)(=O)c1nc2cc(NC(=O)c3ccccc3)ccc2s1. The van der Waals surface area contributed by atoms with Crippen molar-refractivity contribution in [3.8, 4) is 0 Å². The average Bonchev–Trinajstić information content (AvgIpc) is 2.91. The van der Waals surface area contributed by atoms with E-state index in [-0.39, 0.29) is 10.2 Å². The van der Waals surface area contributed by atoms with Gasteiger partial charge in [0.25, 0.3) is 15.9 Å². The van der Waals surface area contributed by atoms with Crippen molar-refractivity contribution in [1.29, 1.82) is 0 Å². The Bertz CT molecular complexity index is 950. The lowest BCUT2D eigenvalue weighted by Crippen LogP contribution is -2.11. The first kappa shape index (κ1) is 14.6. The Balaban J connectivity index is 1.91. The molecule has 0 fully saturated rings. The van der Waals surface area contributed by atoms with Crippen LogP contribution in [0.15, 0.2) is 52.9 Å². The maximum atomic E-state index is 12.1. The van der Waals surface area contributed by atoms with Crippen LogP contribution in [-0.2, 0) is 10.0 Å². The summed E-state index contributed by atoms with van der Waals surface area (Å²) in [4.78, 5) is 16.0. The third-order valence-corrected chi connectivity index (χ3v) is 5.26. The second kappa shape index (κ2) is 5.48. The van der Waals surface area contributed by atoms with E-state index in [9.17, 15) is 13.2 Å². The number of primary sulfonamides is 1. The highest BCUT2D eigenvalue weighted by atomic mass is 32.2. The second-order valence-corrected chi connectivity index (χ2v) is 7.29. The molecule has 0 bridgehead atoms. The normalized spacial score (nSPS) is 11.5. The largest absolute Gasteiger partial charge is 0.322 e. The fourth-order valence-corrected chi connectivity index (χ4v) is 3.54. The van der Waals surface area contributed by atoms with E-state index in [1.54, 1.807) is 42.5 Å². The van der Waals surface area contributed by atoms with E-state index in [1.165, 1.54) is 0 Å². The molecule has 0 aliphatic heterocycles. The number of amides is 1. The predicted octanol–water partition coefficient (Wildman–Crippen LogP) is 2.20. The van der Waals surface area contributed by atoms with Crippen LogP contribution in [0, 0.1) is 0 Å². The number of thiazole rings is 1. The Labute approximate surface area is 130 Å². The molecule has 0 unspecified atom stereocenters. The molecule has 8 heteroatoms. The number of sulfonamides is 1. The topological polar surface area (TPSA) is 102 Å². The summed E-state index contributed by atoms with van der Waals surface area (Å²) in [5, 5.41) is 7.81. The van der Waals surface area contributed by atoms with E-state index < -0.39 is 10.0 Å². The molecule has 1 amide bonds. The molecule has 112 valence electrons. The van der Waals surface area contributed by atoms with Crippen LogP contribution in [0.2, 0.25) is 0 Å². The van der Waals surface area contributed by atoms with Gasteiger partial charge in [0.05, 0.1) is 10.2 Å². The number of nitrogens with zero attached hydrogens (tertiary/aromatic N) is 1. The maximum absolute atomic E-state index is 12.1. The number of benzene rings is 2. The van der Waals surface area contributed by atoms with Crippen LogP contribution in [0.3, 0.4) is 0 Å². The van der Waals surface area contributed by atoms with Gasteiger partial charge in [-0.3, -0.25) is 4.79 Å². The zero-order chi connectivity index (χ0) is 15.7. The molecule has 0 spiro atoms. The van der Waals surface area contributed by atoms with Crippen molar-refractivity contribution in [2.45, 2.75) is 4.34 Å². The highest BCUT2D eigenvalue weighted by Crippen LogP contribution is 2.27. The van der Waals surface area contributed by atoms with Crippen LogP contribution in [0.1, 0.15) is 10.4 Å². The minimum absolute atomic E-state index is 0.144. The Morgan fingerprint density at radius 2 is 1.86 bits per heavy atom. The number of hydrogen-bond acceptors (Lipinski definition) is 5. The quantitative estimate of drug-likeness (QED) is 0.767. The zero-order valence-electron chi connectivity index (χ0n) is 11.2. The van der Waals surface area contributed by atoms with E-state index in [2.05, 4.69) is 10.3 Å². The van der Waals surface area contributed by atoms with Crippen molar-refractivity contribution in [2.75, 3.05) is 5.32 Å². The Morgan fingerprint density at radius 1 is 1.14 bits per heavy atom. The van der Waals surface area contributed by atoms with E-state index in [4.69, 9.17) is 5.14 Å². The maximum Gasteiger partial charge on any atom is 0.265 e. The van der Waals surface area contributed by atoms with Crippen molar-refractivity contribution in [1.82, 2.24) is 4.98 Å². The summed E-state index contributed by atoms with van der Waals surface area (Å²) in [5.41, 5.74) is 1.54. The lowest BCUT2D eigenvalue weighted by Gasteiger charge is -2.04. The first-order valence-corrected chi connectivity index (χ1v) is 8.59. The van der Waals surface area contributed by atoms with Gasteiger partial charge in [-0.25, -0.2) is 18.5 Å². The average molecular weight is 333 g/mol. The third-order valence-electron chi connectivity index (χ3n) is 2.91. The summed E-state index contributed by atoms with van der Waals surface area (Å²) in [6.07, 6.45) is 0. The summed E-state index contributed by atoms with van der Waals surface area (Å²) in [5.74, 6) is -0.248. The van der Waals surface area contributed by atoms with Crippen molar-refractivity contribution in [2.24, 2.45) is 5.14 Å². The second-order valence-electron chi connectivity index (χ2n) is 4.53. The predicted molar refractivity (Wildman–Crippen MR) is 85.4 cm³/mol. The van der Waals surface area contributed by atoms with Crippen molar-refractivity contribution in [3.05, 3.63) is 54.1 Å². The molecule has 3 N–H and O–H groups in total. The molecular weight excluding hydrogens is 322 g/mol. The number of nitrogens with two attached hydrogens (primary N) is 1. The lowest BCUT2D eigenvalue weighted by atomic mass is 10.2. The molecule has 6 nitrogen and oxygen atoms in total. The summed E-state index contributed by atoms with van der Waals surface area (Å²) in [7, 11) is -3.82. The molecule has 0 radical (unpaired) electrons. The molecular formula is C14H11N3O3S2. The molecule has 2 aromatic carbocycles. The number of carbonyl (C=O) groups excluding carboxylic acids is 1. The van der Waals surface area contributed by atoms with Gasteiger partial charge in [0.2, 0.25) is 4.34 Å². The molecule has 3 rings (SSSR count). The highest BCUT2D eigenvalue weighted by Gasteiger charge is 2.15. The van der Waals surface area contributed by atoms with Gasteiger partial charge in [-0.15, -0.1) is 11.3 Å². The van der Waals surface area contributed by atoms with Crippen LogP contribution >= 0.6 is 11.3 Å². The van der Waals surface area contributed by atoms with Gasteiger partial charge >= 0.3 is 0 Å². The molecule has 0 aliphatic rings. The van der Waals surface area contributed by atoms with E-state index >= 15 is 0 Å². The van der Waals surface area contributed by atoms with Crippen molar-refractivity contribution >= 4 is 43.2 Å². The van der Waals surface area contributed by atoms with Crippen LogP contribution < -0.4 is 10.5 Å². The van der Waals surface area contributed by atoms with Gasteiger partial charge in [-0.1, -0.05) is 18.2 Å². The molecule has 0 saturated heterocycles. The summed E-state index contributed by atoms with van der Waals surface area (Å²) < 4.78 is 23.2. The fourth-order valence-electron chi connectivity index (χ4n) is 1.90. The lowest BCUT2D eigenvalue weighted by molar-refractivity contribution is 0.102. The molecule has 1 aromatic heterocycles. The van der Waals surface area contributed by atoms with Gasteiger partial charge in [0, 0.05) is 11.3 Å². The highest BCUT2D eigenvalue weighted by molar-refractivity contribution is 7.91. The van der Waals surface area contributed by atoms with Crippen LogP contribution in [0.4, 0.5) is 5.69 Å². The smallest absolute Gasteiger partial charge is 0.265 e. The van der Waals surface area contributed by atoms with Gasteiger partial charge in [0.15, 0.2) is 0 Å². The van der Waals surface area contributed by atoms with E-state index in [1.807, 2.05) is 6.07 Å². The van der Waals surface area contributed by atoms with E-state index in [0.29, 0.717) is 21.5 Å². The molecule has 1 heterocycles. The van der Waals surface area contributed by atoms with Crippen molar-refractivity contribution < 1.29 is 13.2 Å². The Kier molecular flexibility index (Phi) is 3.65. The minimum atomic E-state index is -3.82. The summed E-state index contributed by atoms with van der Waals surface area (Å²) >= 11 is 0.991. The van der Waals surface area contributed by atoms with Crippen LogP contribution in [0.5, 0.6) is 0 Å². The number of fused-ring (bicyclic) bond motifs is 1. The van der Waals surface area contributed by atoms with Gasteiger partial charge in [0.1, 0.15) is 0 Å². The monoisotopic (exact) mass is 333 g/mol. The standard InChI is InChI=1S/C14H11N3O3S2/c15-22(19,20)14-17-11-8-10(6-7-12(11)21-14)16-13(18)9-4-2-1-3-5-9/h1-8H,(H,16,18)(H2,15,19,20). The Morgan fingerprint density at radius 3 is 2.55 bits per heavy atom. The van der Waals surface area contributed by atoms with E-state index in [0.717, 1.165) is 11.3 Å². The zero-order valence-corrected chi connectivity index (χ0v) is 12.8. The third kappa shape index (κ3) is 2.98. The van der Waals surface area contributed by atoms with Gasteiger partial charge < -0.3 is 5.32 Å². The number of hydrogen-bond donors (Lipinski definition) is 2. The molecule has 0 atom stereocenters. The van der Waals surface area contributed by atoms with Crippen molar-refractivity contribution in [3.63, 3.8) is 0 Å². The first-order valence-electron chi connectivity index (χ1n) is 6.23. The van der Waals surface area contributed by atoms with Gasteiger partial charge in [-0.05, 0) is 30.3 Å². The molecule has 0 saturated carbocycles. The fraction of sp³-hybridized carbons (Fsp3) is 0. The Hall–Kier alpha value is -2.29. The van der Waals surface area contributed by atoms with Crippen LogP contribution in [-0.4, -0.2) is 19.3 Å². The number of nitrogens with one attached hydrogen (secondary N) is 1. The summed E-state index contributed by atoms with van der Waals surface area (Å²) in [6.45, 7) is 0. The number of rotatable bonds is 3. The molecule has 3 aromatic rings. The van der Waals surface area contributed by atoms with Gasteiger partial charge in [-0.2, -0.15) is 0 Å². The molecule has 22 heavy (non-hydrogen) atoms. The number of aromatic nitrogens is 1. The van der Waals surface area contributed by atoms with Crippen LogP contribution in [0.25, 0.3) is 10.2 Å². The first-order chi connectivity index (χ1) is 10.4. The molecule has 0 aliphatic carbocycles.